The molecule has 0 saturated heterocycles. The summed E-state index contributed by atoms with van der Waals surface area (Å²) in [6, 6.07) is 13.8. The number of hydrogen-bond donors (Lipinski definition) is 1. The molecular formula is C21H14ClF2N3O. The second-order valence-corrected chi connectivity index (χ2v) is 6.70. The first-order valence-electron chi connectivity index (χ1n) is 8.42. The zero-order valence-corrected chi connectivity index (χ0v) is 15.3. The SMILES string of the molecule is NC(=O)c1cc2cc(F)c(-c3cccnc3Cl)cc2n1Cc1cccc(F)c1. The molecule has 1 amide bonds. The second kappa shape index (κ2) is 7.05. The minimum atomic E-state index is -0.658. The molecule has 4 aromatic rings. The molecule has 2 N–H and O–H groups in total. The van der Waals surface area contributed by atoms with Gasteiger partial charge in [0.1, 0.15) is 22.5 Å². The van der Waals surface area contributed by atoms with Gasteiger partial charge in [-0.05, 0) is 48.0 Å². The molecule has 0 aliphatic rings. The number of primary amides is 1. The molecule has 28 heavy (non-hydrogen) atoms. The Labute approximate surface area is 164 Å². The maximum atomic E-state index is 14.7. The summed E-state index contributed by atoms with van der Waals surface area (Å²) in [5.74, 6) is -1.54. The van der Waals surface area contributed by atoms with Crippen LogP contribution in [0.3, 0.4) is 0 Å². The number of rotatable bonds is 4. The fraction of sp³-hybridized carbons (Fsp3) is 0.0476. The van der Waals surface area contributed by atoms with E-state index < -0.39 is 11.7 Å². The summed E-state index contributed by atoms with van der Waals surface area (Å²) in [7, 11) is 0. The van der Waals surface area contributed by atoms with E-state index in [0.717, 1.165) is 0 Å². The molecule has 0 atom stereocenters. The number of nitrogens with two attached hydrogens (primary N) is 1. The first-order valence-corrected chi connectivity index (χ1v) is 8.80. The summed E-state index contributed by atoms with van der Waals surface area (Å²) >= 11 is 6.12. The molecule has 0 aliphatic heterocycles. The van der Waals surface area contributed by atoms with E-state index in [2.05, 4.69) is 4.98 Å². The Balaban J connectivity index is 1.94. The van der Waals surface area contributed by atoms with Crippen molar-refractivity contribution in [2.75, 3.05) is 0 Å². The van der Waals surface area contributed by atoms with E-state index in [1.54, 1.807) is 34.9 Å². The van der Waals surface area contributed by atoms with E-state index in [0.29, 0.717) is 22.0 Å². The lowest BCUT2D eigenvalue weighted by Crippen LogP contribution is -2.17. The second-order valence-electron chi connectivity index (χ2n) is 6.34. The molecule has 7 heteroatoms. The van der Waals surface area contributed by atoms with Crippen LogP contribution >= 0.6 is 11.6 Å². The van der Waals surface area contributed by atoms with Crippen LogP contribution in [0.2, 0.25) is 5.15 Å². The fourth-order valence-electron chi connectivity index (χ4n) is 3.27. The van der Waals surface area contributed by atoms with Gasteiger partial charge in [-0.2, -0.15) is 0 Å². The molecule has 0 saturated carbocycles. The van der Waals surface area contributed by atoms with Gasteiger partial charge in [-0.1, -0.05) is 23.7 Å². The highest BCUT2D eigenvalue weighted by atomic mass is 35.5. The highest BCUT2D eigenvalue weighted by Gasteiger charge is 2.18. The van der Waals surface area contributed by atoms with Gasteiger partial charge in [0.25, 0.3) is 5.91 Å². The lowest BCUT2D eigenvalue weighted by atomic mass is 10.1. The molecule has 4 nitrogen and oxygen atoms in total. The van der Waals surface area contributed by atoms with Gasteiger partial charge in [0.15, 0.2) is 0 Å². The summed E-state index contributed by atoms with van der Waals surface area (Å²) in [5.41, 5.74) is 7.62. The number of halogens is 3. The number of hydrogen-bond acceptors (Lipinski definition) is 2. The van der Waals surface area contributed by atoms with Gasteiger partial charge in [0.05, 0.1) is 0 Å². The summed E-state index contributed by atoms with van der Waals surface area (Å²) in [4.78, 5) is 15.9. The highest BCUT2D eigenvalue weighted by molar-refractivity contribution is 6.32. The van der Waals surface area contributed by atoms with Crippen molar-refractivity contribution < 1.29 is 13.6 Å². The molecule has 140 valence electrons. The maximum Gasteiger partial charge on any atom is 0.265 e. The van der Waals surface area contributed by atoms with Gasteiger partial charge in [0, 0.05) is 34.8 Å². The Morgan fingerprint density at radius 3 is 2.61 bits per heavy atom. The van der Waals surface area contributed by atoms with E-state index in [9.17, 15) is 13.6 Å². The number of benzene rings is 2. The van der Waals surface area contributed by atoms with Crippen molar-refractivity contribution in [3.63, 3.8) is 0 Å². The van der Waals surface area contributed by atoms with Gasteiger partial charge < -0.3 is 10.3 Å². The lowest BCUT2D eigenvalue weighted by molar-refractivity contribution is 0.0992. The smallest absolute Gasteiger partial charge is 0.265 e. The molecule has 0 fully saturated rings. The molecular weight excluding hydrogens is 384 g/mol. The summed E-state index contributed by atoms with van der Waals surface area (Å²) in [5, 5.41) is 0.672. The quantitative estimate of drug-likeness (QED) is 0.504. The molecule has 0 radical (unpaired) electrons. The normalized spacial score (nSPS) is 11.1. The Kier molecular flexibility index (Phi) is 4.57. The van der Waals surface area contributed by atoms with E-state index in [-0.39, 0.29) is 28.8 Å². The molecule has 2 heterocycles. The Bertz CT molecular complexity index is 1220. The highest BCUT2D eigenvalue weighted by Crippen LogP contribution is 2.33. The molecule has 2 aromatic carbocycles. The van der Waals surface area contributed by atoms with Crippen LogP contribution in [0.1, 0.15) is 16.1 Å². The van der Waals surface area contributed by atoms with Crippen LogP contribution in [-0.4, -0.2) is 15.5 Å². The van der Waals surface area contributed by atoms with Crippen molar-refractivity contribution in [1.82, 2.24) is 9.55 Å². The van der Waals surface area contributed by atoms with Crippen molar-refractivity contribution in [3.05, 3.63) is 88.8 Å². The Morgan fingerprint density at radius 1 is 1.07 bits per heavy atom. The first-order chi connectivity index (χ1) is 13.4. The zero-order chi connectivity index (χ0) is 19.8. The minimum absolute atomic E-state index is 0.166. The topological polar surface area (TPSA) is 60.9 Å². The lowest BCUT2D eigenvalue weighted by Gasteiger charge is -2.11. The van der Waals surface area contributed by atoms with E-state index in [4.69, 9.17) is 17.3 Å². The first kappa shape index (κ1) is 18.1. The van der Waals surface area contributed by atoms with E-state index in [1.165, 1.54) is 30.5 Å². The standard InChI is InChI=1S/C21H14ClF2N3O/c22-20-15(5-2-6-26-20)16-10-18-13(8-17(16)24)9-19(21(25)28)27(18)11-12-3-1-4-14(23)7-12/h1-10H,11H2,(H2,25,28). The van der Waals surface area contributed by atoms with Crippen molar-refractivity contribution in [2.24, 2.45) is 5.73 Å². The average Bonchev–Trinajstić information content (AvgIpc) is 2.99. The van der Waals surface area contributed by atoms with Crippen molar-refractivity contribution >= 4 is 28.4 Å². The fourth-order valence-corrected chi connectivity index (χ4v) is 3.49. The number of carbonyl (C=O) groups is 1. The summed E-state index contributed by atoms with van der Waals surface area (Å²) in [6.45, 7) is 0.200. The van der Waals surface area contributed by atoms with Gasteiger partial charge >= 0.3 is 0 Å². The number of aromatic nitrogens is 2. The van der Waals surface area contributed by atoms with Crippen molar-refractivity contribution in [2.45, 2.75) is 6.54 Å². The van der Waals surface area contributed by atoms with E-state index >= 15 is 0 Å². The largest absolute Gasteiger partial charge is 0.364 e. The van der Waals surface area contributed by atoms with Gasteiger partial charge in [-0.25, -0.2) is 13.8 Å². The molecule has 2 aromatic heterocycles. The zero-order valence-electron chi connectivity index (χ0n) is 14.5. The van der Waals surface area contributed by atoms with Gasteiger partial charge in [0.2, 0.25) is 0 Å². The number of carbonyl (C=O) groups excluding carboxylic acids is 1. The Hall–Kier alpha value is -3.25. The van der Waals surface area contributed by atoms with Crippen LogP contribution in [0.25, 0.3) is 22.0 Å². The third-order valence-electron chi connectivity index (χ3n) is 4.52. The Morgan fingerprint density at radius 2 is 1.89 bits per heavy atom. The van der Waals surface area contributed by atoms with E-state index in [1.807, 2.05) is 0 Å². The predicted molar refractivity (Wildman–Crippen MR) is 104 cm³/mol. The van der Waals surface area contributed by atoms with Crippen LogP contribution in [0, 0.1) is 11.6 Å². The number of nitrogens with zero attached hydrogens (tertiary/aromatic N) is 2. The van der Waals surface area contributed by atoms with Crippen LogP contribution in [0.5, 0.6) is 0 Å². The third-order valence-corrected chi connectivity index (χ3v) is 4.82. The molecule has 0 bridgehead atoms. The van der Waals surface area contributed by atoms with Crippen molar-refractivity contribution in [3.8, 4) is 11.1 Å². The minimum Gasteiger partial charge on any atom is -0.364 e. The van der Waals surface area contributed by atoms with Crippen LogP contribution in [0.4, 0.5) is 8.78 Å². The van der Waals surface area contributed by atoms with Gasteiger partial charge in [-0.3, -0.25) is 4.79 Å². The molecule has 0 spiro atoms. The molecule has 0 unspecified atom stereocenters. The van der Waals surface area contributed by atoms with Crippen molar-refractivity contribution in [1.29, 1.82) is 0 Å². The number of fused-ring (bicyclic) bond motifs is 1. The predicted octanol–water partition coefficient (Wildman–Crippen LogP) is 4.78. The monoisotopic (exact) mass is 397 g/mol. The molecule has 0 aliphatic carbocycles. The maximum absolute atomic E-state index is 14.7. The third kappa shape index (κ3) is 3.23. The van der Waals surface area contributed by atoms with Crippen LogP contribution in [0.15, 0.2) is 60.8 Å². The van der Waals surface area contributed by atoms with Crippen LogP contribution < -0.4 is 5.73 Å². The summed E-state index contributed by atoms with van der Waals surface area (Å²) < 4.78 is 30.0. The van der Waals surface area contributed by atoms with Crippen LogP contribution in [-0.2, 0) is 6.54 Å². The summed E-state index contributed by atoms with van der Waals surface area (Å²) in [6.07, 6.45) is 1.51. The number of amides is 1. The van der Waals surface area contributed by atoms with Gasteiger partial charge in [-0.15, -0.1) is 0 Å². The number of pyridine rings is 1. The average molecular weight is 398 g/mol. The molecule has 4 rings (SSSR count).